The average Bonchev–Trinajstić information content (AvgIpc) is 2.76. The fourth-order valence-corrected chi connectivity index (χ4v) is 1.46. The van der Waals surface area contributed by atoms with Crippen molar-refractivity contribution >= 4 is 17.7 Å². The molecule has 0 bridgehead atoms. The maximum Gasteiger partial charge on any atom is 0.134 e. The van der Waals surface area contributed by atoms with Crippen molar-refractivity contribution in [3.8, 4) is 17.4 Å². The van der Waals surface area contributed by atoms with E-state index < -0.39 is 0 Å². The third kappa shape index (κ3) is 2.33. The van der Waals surface area contributed by atoms with Crippen LogP contribution in [0.4, 0.5) is 0 Å². The fraction of sp³-hybridized carbons (Fsp3) is 0. The van der Waals surface area contributed by atoms with Crippen LogP contribution in [0.15, 0.2) is 46.9 Å². The summed E-state index contributed by atoms with van der Waals surface area (Å²) in [4.78, 5) is 0. The molecule has 0 unspecified atom stereocenters. The quantitative estimate of drug-likeness (QED) is 0.726. The van der Waals surface area contributed by atoms with E-state index in [1.807, 2.05) is 42.5 Å². The molecule has 0 amide bonds. The third-order valence-corrected chi connectivity index (χ3v) is 2.33. The van der Waals surface area contributed by atoms with Crippen LogP contribution in [-0.4, -0.2) is 0 Å². The van der Waals surface area contributed by atoms with Crippen LogP contribution in [0.25, 0.3) is 17.4 Å². The Labute approximate surface area is 98.4 Å². The van der Waals surface area contributed by atoms with Gasteiger partial charge in [0.1, 0.15) is 11.5 Å². The molecule has 0 radical (unpaired) electrons. The van der Waals surface area contributed by atoms with Gasteiger partial charge in [0.2, 0.25) is 0 Å². The third-order valence-electron chi connectivity index (χ3n) is 2.08. The van der Waals surface area contributed by atoms with E-state index >= 15 is 0 Å². The lowest BCUT2D eigenvalue weighted by atomic mass is 10.2. The number of benzene rings is 1. The number of nitrogens with zero attached hydrogens (tertiary/aromatic N) is 1. The summed E-state index contributed by atoms with van der Waals surface area (Å²) < 4.78 is 5.53. The Kier molecular flexibility index (Phi) is 3.09. The number of furan rings is 1. The number of hydrogen-bond donors (Lipinski definition) is 0. The molecule has 1 heterocycles. The van der Waals surface area contributed by atoms with Gasteiger partial charge in [0.15, 0.2) is 0 Å². The molecule has 0 spiro atoms. The lowest BCUT2D eigenvalue weighted by Crippen LogP contribution is -1.71. The maximum absolute atomic E-state index is 8.39. The second-order valence-electron chi connectivity index (χ2n) is 3.17. The van der Waals surface area contributed by atoms with Crippen molar-refractivity contribution in [3.05, 3.63) is 53.3 Å². The molecule has 0 fully saturated rings. The first-order valence-corrected chi connectivity index (χ1v) is 5.09. The monoisotopic (exact) mass is 229 g/mol. The van der Waals surface area contributed by atoms with Crippen molar-refractivity contribution in [2.45, 2.75) is 0 Å². The van der Waals surface area contributed by atoms with Crippen LogP contribution < -0.4 is 0 Å². The summed E-state index contributed by atoms with van der Waals surface area (Å²) in [6.07, 6.45) is 3.00. The first kappa shape index (κ1) is 10.5. The zero-order valence-electron chi connectivity index (χ0n) is 8.35. The van der Waals surface area contributed by atoms with Crippen molar-refractivity contribution in [1.29, 1.82) is 5.26 Å². The molecule has 0 aliphatic carbocycles. The predicted molar refractivity (Wildman–Crippen MR) is 63.8 cm³/mol. The normalized spacial score (nSPS) is 10.5. The minimum absolute atomic E-state index is 0.659. The zero-order valence-corrected chi connectivity index (χ0v) is 9.11. The molecule has 0 aliphatic rings. The Balaban J connectivity index is 2.28. The molecule has 1 aromatic heterocycles. The Morgan fingerprint density at radius 3 is 2.56 bits per heavy atom. The smallest absolute Gasteiger partial charge is 0.134 e. The van der Waals surface area contributed by atoms with Crippen LogP contribution in [-0.2, 0) is 0 Å². The molecule has 0 atom stereocenters. The number of allylic oxidation sites excluding steroid dienone is 1. The lowest BCUT2D eigenvalue weighted by molar-refractivity contribution is 0.572. The van der Waals surface area contributed by atoms with E-state index in [2.05, 4.69) is 0 Å². The molecule has 1 aromatic carbocycles. The van der Waals surface area contributed by atoms with Crippen LogP contribution in [0.1, 0.15) is 5.76 Å². The Morgan fingerprint density at radius 2 is 1.88 bits per heavy atom. The standard InChI is InChI=1S/C13H8ClNO/c14-11-5-3-10(4-6-11)13-8-7-12(16-13)2-1-9-15/h1-8H. The van der Waals surface area contributed by atoms with Gasteiger partial charge in [-0.15, -0.1) is 0 Å². The van der Waals surface area contributed by atoms with Crippen molar-refractivity contribution in [3.63, 3.8) is 0 Å². The summed E-state index contributed by atoms with van der Waals surface area (Å²) in [5.74, 6) is 1.42. The summed E-state index contributed by atoms with van der Waals surface area (Å²) in [5.41, 5.74) is 0.959. The summed E-state index contributed by atoms with van der Waals surface area (Å²) in [6, 6.07) is 13.0. The summed E-state index contributed by atoms with van der Waals surface area (Å²) in [6.45, 7) is 0. The largest absolute Gasteiger partial charge is 0.457 e. The van der Waals surface area contributed by atoms with Crippen LogP contribution >= 0.6 is 11.6 Å². The van der Waals surface area contributed by atoms with Gasteiger partial charge >= 0.3 is 0 Å². The molecule has 2 rings (SSSR count). The lowest BCUT2D eigenvalue weighted by Gasteiger charge is -1.96. The second kappa shape index (κ2) is 4.69. The van der Waals surface area contributed by atoms with Crippen molar-refractivity contribution in [2.75, 3.05) is 0 Å². The van der Waals surface area contributed by atoms with Crippen LogP contribution in [0.2, 0.25) is 5.02 Å². The first-order chi connectivity index (χ1) is 7.79. The van der Waals surface area contributed by atoms with Crippen LogP contribution in [0, 0.1) is 11.3 Å². The zero-order chi connectivity index (χ0) is 11.4. The highest BCUT2D eigenvalue weighted by Gasteiger charge is 2.02. The fourth-order valence-electron chi connectivity index (χ4n) is 1.33. The van der Waals surface area contributed by atoms with Gasteiger partial charge in [-0.25, -0.2) is 0 Å². The van der Waals surface area contributed by atoms with E-state index in [-0.39, 0.29) is 0 Å². The number of nitriles is 1. The highest BCUT2D eigenvalue weighted by Crippen LogP contribution is 2.24. The van der Waals surface area contributed by atoms with Crippen LogP contribution in [0.5, 0.6) is 0 Å². The first-order valence-electron chi connectivity index (χ1n) is 4.71. The molecule has 0 N–H and O–H groups in total. The van der Waals surface area contributed by atoms with E-state index in [9.17, 15) is 0 Å². The molecule has 16 heavy (non-hydrogen) atoms. The van der Waals surface area contributed by atoms with Crippen molar-refractivity contribution in [2.24, 2.45) is 0 Å². The molecule has 0 aliphatic heterocycles. The Bertz CT molecular complexity index is 546. The van der Waals surface area contributed by atoms with E-state index in [4.69, 9.17) is 21.3 Å². The molecule has 78 valence electrons. The molecular weight excluding hydrogens is 222 g/mol. The van der Waals surface area contributed by atoms with Crippen molar-refractivity contribution in [1.82, 2.24) is 0 Å². The minimum atomic E-state index is 0.659. The minimum Gasteiger partial charge on any atom is -0.457 e. The summed E-state index contributed by atoms with van der Waals surface area (Å²) in [5, 5.41) is 9.08. The predicted octanol–water partition coefficient (Wildman–Crippen LogP) is 4.14. The van der Waals surface area contributed by atoms with Gasteiger partial charge in [-0.3, -0.25) is 0 Å². The van der Waals surface area contributed by atoms with Gasteiger partial charge in [-0.1, -0.05) is 11.6 Å². The Hall–Kier alpha value is -1.98. The van der Waals surface area contributed by atoms with Gasteiger partial charge < -0.3 is 4.42 Å². The van der Waals surface area contributed by atoms with Gasteiger partial charge in [-0.05, 0) is 42.5 Å². The highest BCUT2D eigenvalue weighted by molar-refractivity contribution is 6.30. The van der Waals surface area contributed by atoms with Gasteiger partial charge in [0, 0.05) is 16.7 Å². The van der Waals surface area contributed by atoms with Gasteiger partial charge in [0.05, 0.1) is 6.07 Å². The average molecular weight is 230 g/mol. The number of hydrogen-bond acceptors (Lipinski definition) is 2. The van der Waals surface area contributed by atoms with E-state index in [0.29, 0.717) is 10.8 Å². The van der Waals surface area contributed by atoms with E-state index in [1.165, 1.54) is 6.08 Å². The highest BCUT2D eigenvalue weighted by atomic mass is 35.5. The molecule has 0 saturated heterocycles. The molecular formula is C13H8ClNO. The maximum atomic E-state index is 8.39. The van der Waals surface area contributed by atoms with E-state index in [1.54, 1.807) is 6.08 Å². The van der Waals surface area contributed by atoms with Crippen molar-refractivity contribution < 1.29 is 4.42 Å². The van der Waals surface area contributed by atoms with Gasteiger partial charge in [0.25, 0.3) is 0 Å². The van der Waals surface area contributed by atoms with Crippen LogP contribution in [0.3, 0.4) is 0 Å². The molecule has 2 nitrogen and oxygen atoms in total. The van der Waals surface area contributed by atoms with Gasteiger partial charge in [-0.2, -0.15) is 5.26 Å². The number of halogens is 1. The molecule has 2 aromatic rings. The summed E-state index contributed by atoms with van der Waals surface area (Å²) >= 11 is 5.80. The number of rotatable bonds is 2. The second-order valence-corrected chi connectivity index (χ2v) is 3.61. The Morgan fingerprint density at radius 1 is 1.12 bits per heavy atom. The summed E-state index contributed by atoms with van der Waals surface area (Å²) in [7, 11) is 0. The SMILES string of the molecule is N#CC=Cc1ccc(-c2ccc(Cl)cc2)o1. The topological polar surface area (TPSA) is 36.9 Å². The molecule has 0 saturated carbocycles. The van der Waals surface area contributed by atoms with E-state index in [0.717, 1.165) is 11.3 Å². The molecule has 3 heteroatoms.